The van der Waals surface area contributed by atoms with E-state index in [1.54, 1.807) is 18.2 Å². The Kier molecular flexibility index (Phi) is 5.54. The van der Waals surface area contributed by atoms with Gasteiger partial charge in [-0.05, 0) is 29.2 Å². The number of carbonyl (C=O) groups is 1. The maximum Gasteiger partial charge on any atom is 0.339 e. The Balaban J connectivity index is 1.86. The molecule has 0 unspecified atom stereocenters. The summed E-state index contributed by atoms with van der Waals surface area (Å²) in [5.41, 5.74) is 3.02. The summed E-state index contributed by atoms with van der Waals surface area (Å²) >= 11 is 0. The fourth-order valence-corrected chi connectivity index (χ4v) is 2.80. The van der Waals surface area contributed by atoms with Gasteiger partial charge in [-0.3, -0.25) is 0 Å². The fraction of sp³-hybridized carbons (Fsp3) is 0.238. The zero-order chi connectivity index (χ0) is 20.1. The summed E-state index contributed by atoms with van der Waals surface area (Å²) in [5, 5.41) is 14.4. The van der Waals surface area contributed by atoms with Crippen LogP contribution in [0.15, 0.2) is 54.7 Å². The highest BCUT2D eigenvalue weighted by molar-refractivity contribution is 5.96. The zero-order valence-electron chi connectivity index (χ0n) is 16.4. The van der Waals surface area contributed by atoms with E-state index in [-0.39, 0.29) is 5.41 Å². The summed E-state index contributed by atoms with van der Waals surface area (Å²) in [4.78, 5) is 16.4. The predicted molar refractivity (Wildman–Crippen MR) is 109 cm³/mol. The van der Waals surface area contributed by atoms with Crippen LogP contribution in [0.25, 0.3) is 0 Å². The number of hydrogen-bond donors (Lipinski definition) is 2. The van der Waals surface area contributed by atoms with Gasteiger partial charge in [-0.15, -0.1) is 5.10 Å². The SMILES string of the molecule is COC(=O)c1ccccc1Nc1cnnc(Nc2ccccc2C(C)(C)C)n1. The molecule has 2 N–H and O–H groups in total. The first-order chi connectivity index (χ1) is 13.4. The average Bonchev–Trinajstić information content (AvgIpc) is 2.68. The van der Waals surface area contributed by atoms with Crippen molar-refractivity contribution >= 4 is 29.1 Å². The van der Waals surface area contributed by atoms with Crippen molar-refractivity contribution in [2.75, 3.05) is 17.7 Å². The molecule has 0 saturated carbocycles. The molecule has 3 rings (SSSR count). The number of rotatable bonds is 5. The van der Waals surface area contributed by atoms with Crippen LogP contribution in [-0.4, -0.2) is 28.3 Å². The molecule has 1 heterocycles. The minimum Gasteiger partial charge on any atom is -0.465 e. The lowest BCUT2D eigenvalue weighted by Crippen LogP contribution is -2.14. The maximum atomic E-state index is 11.9. The number of esters is 1. The summed E-state index contributed by atoms with van der Waals surface area (Å²) in [6.45, 7) is 6.44. The molecule has 0 atom stereocenters. The lowest BCUT2D eigenvalue weighted by atomic mass is 9.86. The molecule has 3 aromatic rings. The van der Waals surface area contributed by atoms with Gasteiger partial charge in [-0.2, -0.15) is 10.1 Å². The summed E-state index contributed by atoms with van der Waals surface area (Å²) in [6.07, 6.45) is 1.49. The van der Waals surface area contributed by atoms with Gasteiger partial charge in [0.2, 0.25) is 5.95 Å². The van der Waals surface area contributed by atoms with Crippen LogP contribution < -0.4 is 10.6 Å². The number of para-hydroxylation sites is 2. The first-order valence-corrected chi connectivity index (χ1v) is 8.89. The van der Waals surface area contributed by atoms with E-state index in [4.69, 9.17) is 4.74 Å². The molecule has 7 nitrogen and oxygen atoms in total. The average molecular weight is 377 g/mol. The third kappa shape index (κ3) is 4.43. The third-order valence-electron chi connectivity index (χ3n) is 4.14. The molecule has 28 heavy (non-hydrogen) atoms. The molecule has 0 aliphatic heterocycles. The molecule has 0 spiro atoms. The van der Waals surface area contributed by atoms with E-state index < -0.39 is 5.97 Å². The van der Waals surface area contributed by atoms with E-state index in [0.29, 0.717) is 23.0 Å². The van der Waals surface area contributed by atoms with E-state index in [1.807, 2.05) is 24.3 Å². The second-order valence-electron chi connectivity index (χ2n) is 7.25. The Hall–Kier alpha value is -3.48. The number of carbonyl (C=O) groups excluding carboxylic acids is 1. The lowest BCUT2D eigenvalue weighted by molar-refractivity contribution is 0.0602. The quantitative estimate of drug-likeness (QED) is 0.635. The second-order valence-corrected chi connectivity index (χ2v) is 7.25. The fourth-order valence-electron chi connectivity index (χ4n) is 2.80. The molecule has 0 amide bonds. The highest BCUT2D eigenvalue weighted by Gasteiger charge is 2.18. The van der Waals surface area contributed by atoms with Crippen LogP contribution in [0.1, 0.15) is 36.7 Å². The van der Waals surface area contributed by atoms with Gasteiger partial charge in [0.15, 0.2) is 5.82 Å². The van der Waals surface area contributed by atoms with Crippen molar-refractivity contribution in [3.8, 4) is 0 Å². The molecule has 144 valence electrons. The monoisotopic (exact) mass is 377 g/mol. The van der Waals surface area contributed by atoms with Gasteiger partial charge < -0.3 is 15.4 Å². The van der Waals surface area contributed by atoms with Crippen LogP contribution in [-0.2, 0) is 10.2 Å². The lowest BCUT2D eigenvalue weighted by Gasteiger charge is -2.22. The summed E-state index contributed by atoms with van der Waals surface area (Å²) in [7, 11) is 1.35. The molecular weight excluding hydrogens is 354 g/mol. The Morgan fingerprint density at radius 3 is 2.36 bits per heavy atom. The molecule has 7 heteroatoms. The van der Waals surface area contributed by atoms with Crippen molar-refractivity contribution in [2.45, 2.75) is 26.2 Å². The van der Waals surface area contributed by atoms with E-state index >= 15 is 0 Å². The number of anilines is 4. The largest absolute Gasteiger partial charge is 0.465 e. The van der Waals surface area contributed by atoms with E-state index in [1.165, 1.54) is 13.3 Å². The van der Waals surface area contributed by atoms with Gasteiger partial charge in [0.1, 0.15) is 0 Å². The molecule has 0 saturated heterocycles. The van der Waals surface area contributed by atoms with Crippen molar-refractivity contribution in [3.63, 3.8) is 0 Å². The minimum absolute atomic E-state index is 0.0354. The predicted octanol–water partition coefficient (Wildman–Crippen LogP) is 4.44. The number of nitrogens with zero attached hydrogens (tertiary/aromatic N) is 3. The third-order valence-corrected chi connectivity index (χ3v) is 4.14. The first kappa shape index (κ1) is 19.3. The number of methoxy groups -OCH3 is 1. The van der Waals surface area contributed by atoms with Crippen molar-refractivity contribution in [2.24, 2.45) is 0 Å². The van der Waals surface area contributed by atoms with Crippen LogP contribution in [0.5, 0.6) is 0 Å². The maximum absolute atomic E-state index is 11.9. The Labute approximate surface area is 164 Å². The Morgan fingerprint density at radius 2 is 1.64 bits per heavy atom. The van der Waals surface area contributed by atoms with Gasteiger partial charge in [-0.1, -0.05) is 51.1 Å². The van der Waals surface area contributed by atoms with Gasteiger partial charge in [-0.25, -0.2) is 4.79 Å². The second kappa shape index (κ2) is 8.04. The van der Waals surface area contributed by atoms with Gasteiger partial charge >= 0.3 is 5.97 Å². The van der Waals surface area contributed by atoms with Gasteiger partial charge in [0.25, 0.3) is 0 Å². The van der Waals surface area contributed by atoms with Crippen LogP contribution in [0.2, 0.25) is 0 Å². The molecule has 0 bridgehead atoms. The molecule has 2 aromatic carbocycles. The highest BCUT2D eigenvalue weighted by atomic mass is 16.5. The van der Waals surface area contributed by atoms with Gasteiger partial charge in [0.05, 0.1) is 24.6 Å². The van der Waals surface area contributed by atoms with Crippen molar-refractivity contribution < 1.29 is 9.53 Å². The van der Waals surface area contributed by atoms with Gasteiger partial charge in [0, 0.05) is 5.69 Å². The van der Waals surface area contributed by atoms with Crippen LogP contribution in [0.4, 0.5) is 23.1 Å². The topological polar surface area (TPSA) is 89.0 Å². The number of aromatic nitrogens is 3. The molecule has 0 aliphatic carbocycles. The minimum atomic E-state index is -0.428. The molecule has 1 aromatic heterocycles. The van der Waals surface area contributed by atoms with Crippen LogP contribution in [0, 0.1) is 0 Å². The number of nitrogens with one attached hydrogen (secondary N) is 2. The first-order valence-electron chi connectivity index (χ1n) is 8.89. The Bertz CT molecular complexity index is 982. The summed E-state index contributed by atoms with van der Waals surface area (Å²) in [6, 6.07) is 15.1. The molecule has 0 aliphatic rings. The van der Waals surface area contributed by atoms with Crippen molar-refractivity contribution in [3.05, 3.63) is 65.9 Å². The zero-order valence-corrected chi connectivity index (χ0v) is 16.4. The summed E-state index contributed by atoms with van der Waals surface area (Å²) in [5.74, 6) is 0.391. The number of hydrogen-bond acceptors (Lipinski definition) is 7. The standard InChI is InChI=1S/C21H23N5O2/c1-21(2,3)15-10-6-8-12-17(15)24-20-25-18(13-22-26-20)23-16-11-7-5-9-14(16)19(27)28-4/h5-13H,1-4H3,(H2,23,24,25,26). The normalized spacial score (nSPS) is 11.0. The Morgan fingerprint density at radius 1 is 0.964 bits per heavy atom. The molecular formula is C21H23N5O2. The van der Waals surface area contributed by atoms with Crippen molar-refractivity contribution in [1.29, 1.82) is 0 Å². The number of benzene rings is 2. The summed E-state index contributed by atoms with van der Waals surface area (Å²) < 4.78 is 4.82. The van der Waals surface area contributed by atoms with Crippen molar-refractivity contribution in [1.82, 2.24) is 15.2 Å². The smallest absolute Gasteiger partial charge is 0.339 e. The number of ether oxygens (including phenoxy) is 1. The molecule has 0 fully saturated rings. The van der Waals surface area contributed by atoms with Crippen LogP contribution >= 0.6 is 0 Å². The molecule has 0 radical (unpaired) electrons. The van der Waals surface area contributed by atoms with E-state index in [2.05, 4.69) is 52.7 Å². The van der Waals surface area contributed by atoms with E-state index in [9.17, 15) is 4.79 Å². The highest BCUT2D eigenvalue weighted by Crippen LogP contribution is 2.30. The van der Waals surface area contributed by atoms with Crippen LogP contribution in [0.3, 0.4) is 0 Å². The van der Waals surface area contributed by atoms with E-state index in [0.717, 1.165) is 11.3 Å².